The van der Waals surface area contributed by atoms with Crippen LogP contribution in [-0.2, 0) is 4.79 Å². The van der Waals surface area contributed by atoms with E-state index in [9.17, 15) is 4.79 Å². The SMILES string of the molecule is C=C(C)C(=O)NC1CC2CCC1(C)C2(C)C. The van der Waals surface area contributed by atoms with Gasteiger partial charge in [0.1, 0.15) is 0 Å². The highest BCUT2D eigenvalue weighted by Crippen LogP contribution is 2.65. The quantitative estimate of drug-likeness (QED) is 0.714. The first-order valence-electron chi connectivity index (χ1n) is 6.25. The highest BCUT2D eigenvalue weighted by atomic mass is 16.1. The summed E-state index contributed by atoms with van der Waals surface area (Å²) in [6.45, 7) is 12.5. The first-order valence-corrected chi connectivity index (χ1v) is 6.25. The van der Waals surface area contributed by atoms with Crippen LogP contribution in [0.4, 0.5) is 0 Å². The van der Waals surface area contributed by atoms with Gasteiger partial charge in [0.15, 0.2) is 0 Å². The minimum absolute atomic E-state index is 0.0228. The van der Waals surface area contributed by atoms with Crippen LogP contribution in [0.1, 0.15) is 47.0 Å². The summed E-state index contributed by atoms with van der Waals surface area (Å²) in [6.07, 6.45) is 3.71. The van der Waals surface area contributed by atoms with E-state index in [1.54, 1.807) is 6.92 Å². The second-order valence-electron chi connectivity index (χ2n) is 6.42. The molecule has 0 saturated heterocycles. The molecule has 0 aromatic heterocycles. The number of carbonyl (C=O) groups excluding carboxylic acids is 1. The summed E-state index contributed by atoms with van der Waals surface area (Å²) in [5.41, 5.74) is 1.24. The van der Waals surface area contributed by atoms with Crippen molar-refractivity contribution in [3.8, 4) is 0 Å². The van der Waals surface area contributed by atoms with Crippen molar-refractivity contribution in [2.45, 2.75) is 53.0 Å². The van der Waals surface area contributed by atoms with Crippen LogP contribution in [0.15, 0.2) is 12.2 Å². The van der Waals surface area contributed by atoms with Gasteiger partial charge in [-0.1, -0.05) is 27.4 Å². The van der Waals surface area contributed by atoms with Crippen molar-refractivity contribution in [1.82, 2.24) is 5.32 Å². The number of carbonyl (C=O) groups is 1. The van der Waals surface area contributed by atoms with Crippen molar-refractivity contribution in [3.63, 3.8) is 0 Å². The van der Waals surface area contributed by atoms with E-state index in [0.717, 1.165) is 12.3 Å². The van der Waals surface area contributed by atoms with Gasteiger partial charge in [0, 0.05) is 11.6 Å². The smallest absolute Gasteiger partial charge is 0.246 e. The topological polar surface area (TPSA) is 29.1 Å². The zero-order valence-electron chi connectivity index (χ0n) is 10.9. The van der Waals surface area contributed by atoms with E-state index in [4.69, 9.17) is 0 Å². The molecule has 0 radical (unpaired) electrons. The monoisotopic (exact) mass is 221 g/mol. The molecule has 3 unspecified atom stereocenters. The zero-order chi connectivity index (χ0) is 12.1. The zero-order valence-corrected chi connectivity index (χ0v) is 10.9. The average Bonchev–Trinajstić information content (AvgIpc) is 2.50. The van der Waals surface area contributed by atoms with Gasteiger partial charge >= 0.3 is 0 Å². The minimum atomic E-state index is 0.0228. The molecule has 16 heavy (non-hydrogen) atoms. The first kappa shape index (κ1) is 11.7. The maximum Gasteiger partial charge on any atom is 0.246 e. The lowest BCUT2D eigenvalue weighted by atomic mass is 9.69. The number of amides is 1. The third kappa shape index (κ3) is 1.35. The van der Waals surface area contributed by atoms with Crippen LogP contribution in [0.3, 0.4) is 0 Å². The Hall–Kier alpha value is -0.790. The van der Waals surface area contributed by atoms with Gasteiger partial charge in [-0.25, -0.2) is 0 Å². The molecule has 2 aliphatic carbocycles. The van der Waals surface area contributed by atoms with Crippen LogP contribution in [0, 0.1) is 16.7 Å². The number of fused-ring (bicyclic) bond motifs is 2. The maximum absolute atomic E-state index is 11.7. The molecule has 1 amide bonds. The number of rotatable bonds is 2. The van der Waals surface area contributed by atoms with E-state index in [1.165, 1.54) is 12.8 Å². The summed E-state index contributed by atoms with van der Waals surface area (Å²) < 4.78 is 0. The normalized spacial score (nSPS) is 39.8. The lowest BCUT2D eigenvalue weighted by Gasteiger charge is -2.39. The Kier molecular flexibility index (Phi) is 2.45. The van der Waals surface area contributed by atoms with Crippen molar-refractivity contribution in [2.75, 3.05) is 0 Å². The van der Waals surface area contributed by atoms with Gasteiger partial charge in [0.2, 0.25) is 5.91 Å². The van der Waals surface area contributed by atoms with Gasteiger partial charge < -0.3 is 5.32 Å². The van der Waals surface area contributed by atoms with Crippen LogP contribution in [-0.4, -0.2) is 11.9 Å². The number of hydrogen-bond acceptors (Lipinski definition) is 1. The van der Waals surface area contributed by atoms with Crippen molar-refractivity contribution in [2.24, 2.45) is 16.7 Å². The molecule has 2 rings (SSSR count). The van der Waals surface area contributed by atoms with Crippen molar-refractivity contribution in [1.29, 1.82) is 0 Å². The fourth-order valence-corrected chi connectivity index (χ4v) is 3.70. The largest absolute Gasteiger partial charge is 0.349 e. The molecule has 0 aromatic rings. The van der Waals surface area contributed by atoms with E-state index in [1.807, 2.05) is 0 Å². The van der Waals surface area contributed by atoms with Crippen LogP contribution in [0.25, 0.3) is 0 Å². The molecular weight excluding hydrogens is 198 g/mol. The molecule has 0 spiro atoms. The van der Waals surface area contributed by atoms with E-state index < -0.39 is 0 Å². The highest BCUT2D eigenvalue weighted by molar-refractivity contribution is 5.92. The minimum Gasteiger partial charge on any atom is -0.349 e. The summed E-state index contributed by atoms with van der Waals surface area (Å²) in [5, 5.41) is 3.17. The Labute approximate surface area is 98.5 Å². The lowest BCUT2D eigenvalue weighted by Crippen LogP contribution is -2.47. The van der Waals surface area contributed by atoms with Gasteiger partial charge in [-0.3, -0.25) is 4.79 Å². The van der Waals surface area contributed by atoms with E-state index in [0.29, 0.717) is 17.0 Å². The van der Waals surface area contributed by atoms with E-state index in [2.05, 4.69) is 32.7 Å². The second kappa shape index (κ2) is 3.35. The Morgan fingerprint density at radius 1 is 1.38 bits per heavy atom. The first-order chi connectivity index (χ1) is 7.29. The summed E-state index contributed by atoms with van der Waals surface area (Å²) in [5.74, 6) is 0.794. The molecule has 2 bridgehead atoms. The summed E-state index contributed by atoms with van der Waals surface area (Å²) >= 11 is 0. The fourth-order valence-electron chi connectivity index (χ4n) is 3.70. The fraction of sp³-hybridized carbons (Fsp3) is 0.786. The molecule has 2 aliphatic rings. The van der Waals surface area contributed by atoms with Crippen LogP contribution >= 0.6 is 0 Å². The van der Waals surface area contributed by atoms with E-state index in [-0.39, 0.29) is 11.3 Å². The van der Waals surface area contributed by atoms with Gasteiger partial charge in [-0.05, 0) is 42.9 Å². The van der Waals surface area contributed by atoms with Gasteiger partial charge in [-0.2, -0.15) is 0 Å². The molecule has 3 atom stereocenters. The molecule has 90 valence electrons. The third-order valence-corrected chi connectivity index (χ3v) is 5.49. The van der Waals surface area contributed by atoms with E-state index >= 15 is 0 Å². The molecule has 2 heteroatoms. The Morgan fingerprint density at radius 3 is 2.38 bits per heavy atom. The molecular formula is C14H23NO. The van der Waals surface area contributed by atoms with Crippen LogP contribution < -0.4 is 5.32 Å². The Morgan fingerprint density at radius 2 is 2.00 bits per heavy atom. The molecule has 0 aliphatic heterocycles. The standard InChI is InChI=1S/C14H23NO/c1-9(2)12(16)15-11-8-10-6-7-14(11,5)13(10,3)4/h10-11H,1,6-8H2,2-5H3,(H,15,16). The van der Waals surface area contributed by atoms with Crippen molar-refractivity contribution < 1.29 is 4.79 Å². The van der Waals surface area contributed by atoms with Crippen molar-refractivity contribution in [3.05, 3.63) is 12.2 Å². The van der Waals surface area contributed by atoms with Gasteiger partial charge in [-0.15, -0.1) is 0 Å². The predicted molar refractivity (Wildman–Crippen MR) is 66.0 cm³/mol. The Balaban J connectivity index is 2.16. The molecule has 2 saturated carbocycles. The number of hydrogen-bond donors (Lipinski definition) is 1. The summed E-state index contributed by atoms with van der Waals surface area (Å²) in [4.78, 5) is 11.7. The lowest BCUT2D eigenvalue weighted by molar-refractivity contribution is -0.119. The third-order valence-electron chi connectivity index (χ3n) is 5.49. The summed E-state index contributed by atoms with van der Waals surface area (Å²) in [7, 11) is 0. The number of nitrogens with one attached hydrogen (secondary N) is 1. The van der Waals surface area contributed by atoms with Gasteiger partial charge in [0.25, 0.3) is 0 Å². The Bertz CT molecular complexity index is 345. The second-order valence-corrected chi connectivity index (χ2v) is 6.42. The molecule has 1 N–H and O–H groups in total. The molecule has 0 aromatic carbocycles. The van der Waals surface area contributed by atoms with Gasteiger partial charge in [0.05, 0.1) is 0 Å². The molecule has 2 nitrogen and oxygen atoms in total. The maximum atomic E-state index is 11.7. The average molecular weight is 221 g/mol. The van der Waals surface area contributed by atoms with Crippen LogP contribution in [0.5, 0.6) is 0 Å². The van der Waals surface area contributed by atoms with Crippen LogP contribution in [0.2, 0.25) is 0 Å². The predicted octanol–water partition coefficient (Wildman–Crippen LogP) is 2.89. The summed E-state index contributed by atoms with van der Waals surface area (Å²) in [6, 6.07) is 0.338. The van der Waals surface area contributed by atoms with Crippen molar-refractivity contribution >= 4 is 5.91 Å². The highest BCUT2D eigenvalue weighted by Gasteiger charge is 2.61. The molecule has 0 heterocycles. The molecule has 2 fully saturated rings.